The number of hydrogen-bond donors (Lipinski definition) is 2. The Hall–Kier alpha value is -1.92. The Morgan fingerprint density at radius 2 is 2.20 bits per heavy atom. The van der Waals surface area contributed by atoms with Crippen LogP contribution >= 0.6 is 0 Å². The summed E-state index contributed by atoms with van der Waals surface area (Å²) < 4.78 is 41.1. The van der Waals surface area contributed by atoms with Gasteiger partial charge in [-0.05, 0) is 25.0 Å². The normalized spacial score (nSPS) is 14.2. The minimum absolute atomic E-state index is 0.424. The number of fused-ring (bicyclic) bond motifs is 1. The van der Waals surface area contributed by atoms with Gasteiger partial charge in [-0.1, -0.05) is 6.07 Å². The van der Waals surface area contributed by atoms with E-state index in [1.807, 2.05) is 6.07 Å². The molecule has 0 radical (unpaired) electrons. The molecule has 20 heavy (non-hydrogen) atoms. The van der Waals surface area contributed by atoms with E-state index in [1.165, 1.54) is 0 Å². The van der Waals surface area contributed by atoms with E-state index in [0.29, 0.717) is 5.75 Å². The topological polar surface area (TPSA) is 50.4 Å². The summed E-state index contributed by atoms with van der Waals surface area (Å²) in [7, 11) is 0. The Morgan fingerprint density at radius 1 is 1.40 bits per heavy atom. The van der Waals surface area contributed by atoms with Crippen molar-refractivity contribution in [2.75, 3.05) is 25.0 Å². The van der Waals surface area contributed by atoms with Gasteiger partial charge in [0.2, 0.25) is 0 Å². The van der Waals surface area contributed by atoms with Crippen LogP contribution in [0, 0.1) is 0 Å². The summed E-state index contributed by atoms with van der Waals surface area (Å²) in [5, 5.41) is 4.97. The van der Waals surface area contributed by atoms with Crippen LogP contribution in [0.3, 0.4) is 0 Å². The summed E-state index contributed by atoms with van der Waals surface area (Å²) in [6.07, 6.45) is -2.64. The molecular formula is C13H15F3N2O2. The summed E-state index contributed by atoms with van der Waals surface area (Å²) in [5.41, 5.74) is 1.91. The average Bonchev–Trinajstić information content (AvgIpc) is 2.42. The monoisotopic (exact) mass is 288 g/mol. The van der Waals surface area contributed by atoms with Crippen molar-refractivity contribution in [2.45, 2.75) is 19.0 Å². The maximum absolute atomic E-state index is 11.9. The van der Waals surface area contributed by atoms with E-state index in [1.54, 1.807) is 17.4 Å². The molecule has 1 aromatic rings. The summed E-state index contributed by atoms with van der Waals surface area (Å²) in [4.78, 5) is 11.3. The molecule has 0 atom stereocenters. The molecule has 0 saturated heterocycles. The van der Waals surface area contributed by atoms with Gasteiger partial charge in [-0.25, -0.2) is 0 Å². The smallest absolute Gasteiger partial charge is 0.405 e. The van der Waals surface area contributed by atoms with Crippen LogP contribution in [0.25, 0.3) is 0 Å². The molecule has 1 heterocycles. The number of anilines is 1. The van der Waals surface area contributed by atoms with Crippen molar-refractivity contribution >= 4 is 11.6 Å². The molecular weight excluding hydrogens is 273 g/mol. The highest BCUT2D eigenvalue weighted by Gasteiger charge is 2.27. The molecule has 2 rings (SSSR count). The van der Waals surface area contributed by atoms with Gasteiger partial charge in [-0.3, -0.25) is 4.79 Å². The predicted molar refractivity (Wildman–Crippen MR) is 67.8 cm³/mol. The lowest BCUT2D eigenvalue weighted by atomic mass is 10.0. The largest absolute Gasteiger partial charge is 0.483 e. The Bertz CT molecular complexity index is 489. The number of carbonyl (C=O) groups is 1. The summed E-state index contributed by atoms with van der Waals surface area (Å²) in [5.74, 6) is -0.249. The molecule has 0 saturated carbocycles. The molecule has 0 aromatic heterocycles. The van der Waals surface area contributed by atoms with Crippen molar-refractivity contribution in [1.29, 1.82) is 0 Å². The van der Waals surface area contributed by atoms with Gasteiger partial charge in [-0.2, -0.15) is 13.2 Å². The molecule has 1 aromatic carbocycles. The predicted octanol–water partition coefficient (Wildman–Crippen LogP) is 2.10. The van der Waals surface area contributed by atoms with Crippen molar-refractivity contribution in [1.82, 2.24) is 5.32 Å². The number of ether oxygens (including phenoxy) is 1. The van der Waals surface area contributed by atoms with Crippen LogP contribution in [0.5, 0.6) is 5.75 Å². The van der Waals surface area contributed by atoms with Crippen molar-refractivity contribution in [3.8, 4) is 5.75 Å². The second kappa shape index (κ2) is 6.02. The standard InChI is InChI=1S/C13H15F3N2O2/c14-13(15,16)8-18-12(19)7-20-11-5-1-4-10-9(11)3-2-6-17-10/h1,4-5,17H,2-3,6-8H2,(H,18,19). The molecule has 2 N–H and O–H groups in total. The zero-order chi connectivity index (χ0) is 14.6. The number of alkyl halides is 3. The molecule has 1 aliphatic heterocycles. The van der Waals surface area contributed by atoms with Gasteiger partial charge in [0.05, 0.1) is 0 Å². The van der Waals surface area contributed by atoms with E-state index in [4.69, 9.17) is 4.74 Å². The zero-order valence-electron chi connectivity index (χ0n) is 10.7. The first-order valence-electron chi connectivity index (χ1n) is 6.28. The van der Waals surface area contributed by atoms with Crippen LogP contribution in [0.4, 0.5) is 18.9 Å². The number of rotatable bonds is 4. The molecule has 0 spiro atoms. The minimum Gasteiger partial charge on any atom is -0.483 e. The van der Waals surface area contributed by atoms with E-state index in [0.717, 1.165) is 30.6 Å². The van der Waals surface area contributed by atoms with Crippen LogP contribution < -0.4 is 15.4 Å². The van der Waals surface area contributed by atoms with Crippen LogP contribution in [-0.4, -0.2) is 31.8 Å². The van der Waals surface area contributed by atoms with Crippen LogP contribution in [-0.2, 0) is 11.2 Å². The summed E-state index contributed by atoms with van der Waals surface area (Å²) in [6.45, 7) is -0.890. The van der Waals surface area contributed by atoms with Gasteiger partial charge >= 0.3 is 6.18 Å². The van der Waals surface area contributed by atoms with Crippen molar-refractivity contribution in [3.05, 3.63) is 23.8 Å². The Labute approximate surface area is 114 Å². The fraction of sp³-hybridized carbons (Fsp3) is 0.462. The first kappa shape index (κ1) is 14.5. The maximum atomic E-state index is 11.9. The minimum atomic E-state index is -4.41. The van der Waals surface area contributed by atoms with E-state index < -0.39 is 25.2 Å². The quantitative estimate of drug-likeness (QED) is 0.892. The molecule has 7 heteroatoms. The molecule has 0 bridgehead atoms. The van der Waals surface area contributed by atoms with Crippen LogP contribution in [0.15, 0.2) is 18.2 Å². The van der Waals surface area contributed by atoms with E-state index in [2.05, 4.69) is 5.32 Å². The lowest BCUT2D eigenvalue weighted by Crippen LogP contribution is -2.36. The summed E-state index contributed by atoms with van der Waals surface area (Å²) in [6, 6.07) is 5.40. The third-order valence-electron chi connectivity index (χ3n) is 2.90. The Kier molecular flexibility index (Phi) is 4.36. The van der Waals surface area contributed by atoms with Crippen LogP contribution in [0.1, 0.15) is 12.0 Å². The molecule has 0 aliphatic carbocycles. The van der Waals surface area contributed by atoms with Gasteiger partial charge in [0.25, 0.3) is 5.91 Å². The third-order valence-corrected chi connectivity index (χ3v) is 2.90. The highest BCUT2D eigenvalue weighted by molar-refractivity contribution is 5.77. The Balaban J connectivity index is 1.89. The van der Waals surface area contributed by atoms with Gasteiger partial charge < -0.3 is 15.4 Å². The van der Waals surface area contributed by atoms with Gasteiger partial charge in [0, 0.05) is 17.8 Å². The fourth-order valence-electron chi connectivity index (χ4n) is 2.01. The molecule has 110 valence electrons. The number of hydrogen-bond acceptors (Lipinski definition) is 3. The van der Waals surface area contributed by atoms with E-state index in [-0.39, 0.29) is 0 Å². The van der Waals surface area contributed by atoms with Gasteiger partial charge in [-0.15, -0.1) is 0 Å². The first-order chi connectivity index (χ1) is 9.46. The number of halogens is 3. The molecule has 0 unspecified atom stereocenters. The SMILES string of the molecule is O=C(COc1cccc2c1CCCN2)NCC(F)(F)F. The van der Waals surface area contributed by atoms with E-state index in [9.17, 15) is 18.0 Å². The number of carbonyl (C=O) groups excluding carboxylic acids is 1. The zero-order valence-corrected chi connectivity index (χ0v) is 10.7. The summed E-state index contributed by atoms with van der Waals surface area (Å²) >= 11 is 0. The molecule has 4 nitrogen and oxygen atoms in total. The third kappa shape index (κ3) is 4.04. The lowest BCUT2D eigenvalue weighted by molar-refractivity contribution is -0.139. The van der Waals surface area contributed by atoms with Crippen molar-refractivity contribution in [3.63, 3.8) is 0 Å². The molecule has 0 fully saturated rings. The van der Waals surface area contributed by atoms with Gasteiger partial charge in [0.1, 0.15) is 12.3 Å². The highest BCUT2D eigenvalue weighted by Crippen LogP contribution is 2.30. The van der Waals surface area contributed by atoms with Gasteiger partial charge in [0.15, 0.2) is 6.61 Å². The van der Waals surface area contributed by atoms with Crippen molar-refractivity contribution in [2.24, 2.45) is 0 Å². The van der Waals surface area contributed by atoms with Crippen LogP contribution in [0.2, 0.25) is 0 Å². The Morgan fingerprint density at radius 3 is 2.95 bits per heavy atom. The highest BCUT2D eigenvalue weighted by atomic mass is 19.4. The average molecular weight is 288 g/mol. The number of benzene rings is 1. The number of nitrogens with one attached hydrogen (secondary N) is 2. The van der Waals surface area contributed by atoms with E-state index >= 15 is 0 Å². The first-order valence-corrected chi connectivity index (χ1v) is 6.28. The van der Waals surface area contributed by atoms with Crippen molar-refractivity contribution < 1.29 is 22.7 Å². The molecule has 1 amide bonds. The lowest BCUT2D eigenvalue weighted by Gasteiger charge is -2.20. The second-order valence-electron chi connectivity index (χ2n) is 4.49. The molecule has 1 aliphatic rings. The maximum Gasteiger partial charge on any atom is 0.405 e. The fourth-order valence-corrected chi connectivity index (χ4v) is 2.01. The number of amides is 1. The second-order valence-corrected chi connectivity index (χ2v) is 4.49.